The number of anilines is 1. The second-order valence-corrected chi connectivity index (χ2v) is 4.72. The van der Waals surface area contributed by atoms with Crippen molar-refractivity contribution in [3.63, 3.8) is 0 Å². The van der Waals surface area contributed by atoms with Crippen molar-refractivity contribution in [2.45, 2.75) is 6.92 Å². The lowest BCUT2D eigenvalue weighted by atomic mass is 10.2. The van der Waals surface area contributed by atoms with Crippen LogP contribution in [0.25, 0.3) is 11.0 Å². The van der Waals surface area contributed by atoms with Crippen LogP contribution < -0.4 is 10.1 Å². The lowest BCUT2D eigenvalue weighted by Gasteiger charge is -2.05. The van der Waals surface area contributed by atoms with Crippen LogP contribution >= 0.6 is 0 Å². The molecule has 0 fully saturated rings. The Morgan fingerprint density at radius 2 is 1.77 bits per heavy atom. The van der Waals surface area contributed by atoms with Crippen molar-refractivity contribution in [3.8, 4) is 5.75 Å². The third-order valence-electron chi connectivity index (χ3n) is 3.02. The fourth-order valence-corrected chi connectivity index (χ4v) is 2.06. The third kappa shape index (κ3) is 2.98. The second-order valence-electron chi connectivity index (χ2n) is 4.72. The Bertz CT molecular complexity index is 800. The molecule has 1 heterocycles. The monoisotopic (exact) mass is 295 g/mol. The Hall–Kier alpha value is -3.08. The summed E-state index contributed by atoms with van der Waals surface area (Å²) < 4.78 is 10.4. The summed E-state index contributed by atoms with van der Waals surface area (Å²) in [6.07, 6.45) is 0. The van der Waals surface area contributed by atoms with Crippen LogP contribution in [0, 0.1) is 0 Å². The summed E-state index contributed by atoms with van der Waals surface area (Å²) in [7, 11) is 0. The van der Waals surface area contributed by atoms with Gasteiger partial charge in [0.15, 0.2) is 5.76 Å². The van der Waals surface area contributed by atoms with Crippen LogP contribution in [0.3, 0.4) is 0 Å². The molecule has 0 aliphatic heterocycles. The maximum atomic E-state index is 12.2. The molecule has 0 bridgehead atoms. The highest BCUT2D eigenvalue weighted by Gasteiger charge is 2.12. The number of para-hydroxylation sites is 1. The number of amides is 1. The second kappa shape index (κ2) is 5.73. The van der Waals surface area contributed by atoms with Crippen molar-refractivity contribution >= 4 is 28.5 Å². The zero-order valence-electron chi connectivity index (χ0n) is 11.8. The first-order valence-electron chi connectivity index (χ1n) is 6.70. The van der Waals surface area contributed by atoms with Gasteiger partial charge in [0.2, 0.25) is 0 Å². The Labute approximate surface area is 126 Å². The largest absolute Gasteiger partial charge is 0.451 e. The molecule has 5 heteroatoms. The first-order valence-corrected chi connectivity index (χ1v) is 6.70. The molecule has 0 spiro atoms. The SMILES string of the molecule is CC(=O)Oc1ccc(NC(=O)c2cc3ccccc3o2)cc1. The molecule has 1 N–H and O–H groups in total. The van der Waals surface area contributed by atoms with E-state index in [-0.39, 0.29) is 17.6 Å². The molecule has 0 aliphatic carbocycles. The Morgan fingerprint density at radius 3 is 2.45 bits per heavy atom. The van der Waals surface area contributed by atoms with E-state index in [0.29, 0.717) is 17.0 Å². The zero-order chi connectivity index (χ0) is 15.5. The van der Waals surface area contributed by atoms with E-state index in [2.05, 4.69) is 5.32 Å². The fraction of sp³-hybridized carbons (Fsp3) is 0.0588. The molecule has 0 radical (unpaired) electrons. The van der Waals surface area contributed by atoms with Gasteiger partial charge in [0.05, 0.1) is 0 Å². The van der Waals surface area contributed by atoms with Crippen LogP contribution in [-0.2, 0) is 4.79 Å². The number of hydrogen-bond acceptors (Lipinski definition) is 4. The summed E-state index contributed by atoms with van der Waals surface area (Å²) in [5.41, 5.74) is 1.25. The van der Waals surface area contributed by atoms with E-state index < -0.39 is 0 Å². The predicted octanol–water partition coefficient (Wildman–Crippen LogP) is 3.61. The fourth-order valence-electron chi connectivity index (χ4n) is 2.06. The number of furan rings is 1. The van der Waals surface area contributed by atoms with Gasteiger partial charge in [-0.05, 0) is 36.4 Å². The van der Waals surface area contributed by atoms with Crippen molar-refractivity contribution in [3.05, 3.63) is 60.4 Å². The third-order valence-corrected chi connectivity index (χ3v) is 3.02. The molecule has 1 amide bonds. The molecule has 0 unspecified atom stereocenters. The minimum Gasteiger partial charge on any atom is -0.451 e. The van der Waals surface area contributed by atoms with Gasteiger partial charge in [-0.25, -0.2) is 0 Å². The molecule has 0 aliphatic rings. The van der Waals surface area contributed by atoms with E-state index in [1.54, 1.807) is 36.4 Å². The first kappa shape index (κ1) is 13.9. The normalized spacial score (nSPS) is 10.4. The lowest BCUT2D eigenvalue weighted by Crippen LogP contribution is -2.10. The molecule has 3 aromatic rings. The van der Waals surface area contributed by atoms with Crippen LogP contribution in [0.5, 0.6) is 5.75 Å². The van der Waals surface area contributed by atoms with Gasteiger partial charge >= 0.3 is 5.97 Å². The van der Waals surface area contributed by atoms with Gasteiger partial charge in [0.25, 0.3) is 5.91 Å². The molecule has 1 aromatic heterocycles. The van der Waals surface area contributed by atoms with E-state index in [0.717, 1.165) is 5.39 Å². The summed E-state index contributed by atoms with van der Waals surface area (Å²) in [5.74, 6) is -0.0602. The molecule has 0 atom stereocenters. The molecule has 0 saturated heterocycles. The number of hydrogen-bond donors (Lipinski definition) is 1. The maximum Gasteiger partial charge on any atom is 0.308 e. The van der Waals surface area contributed by atoms with Crippen LogP contribution in [0.2, 0.25) is 0 Å². The number of carbonyl (C=O) groups is 2. The maximum absolute atomic E-state index is 12.2. The number of benzene rings is 2. The predicted molar refractivity (Wildman–Crippen MR) is 81.9 cm³/mol. The van der Waals surface area contributed by atoms with Crippen LogP contribution in [-0.4, -0.2) is 11.9 Å². The van der Waals surface area contributed by atoms with E-state index in [1.807, 2.05) is 18.2 Å². The van der Waals surface area contributed by atoms with Gasteiger partial charge in [0.1, 0.15) is 11.3 Å². The topological polar surface area (TPSA) is 68.5 Å². The highest BCUT2D eigenvalue weighted by molar-refractivity contribution is 6.04. The van der Waals surface area contributed by atoms with Gasteiger partial charge in [-0.1, -0.05) is 18.2 Å². The van der Waals surface area contributed by atoms with Gasteiger partial charge in [-0.2, -0.15) is 0 Å². The average Bonchev–Trinajstić information content (AvgIpc) is 2.93. The minimum absolute atomic E-state index is 0.241. The smallest absolute Gasteiger partial charge is 0.308 e. The standard InChI is InChI=1S/C17H13NO4/c1-11(19)21-14-8-6-13(7-9-14)18-17(20)16-10-12-4-2-3-5-15(12)22-16/h2-10H,1H3,(H,18,20). The molecular weight excluding hydrogens is 282 g/mol. The summed E-state index contributed by atoms with van der Waals surface area (Å²) in [6.45, 7) is 1.33. The highest BCUT2D eigenvalue weighted by atomic mass is 16.5. The summed E-state index contributed by atoms with van der Waals surface area (Å²) in [5, 5.41) is 3.60. The van der Waals surface area contributed by atoms with E-state index >= 15 is 0 Å². The van der Waals surface area contributed by atoms with Crippen LogP contribution in [0.1, 0.15) is 17.5 Å². The van der Waals surface area contributed by atoms with Crippen molar-refractivity contribution < 1.29 is 18.7 Å². The van der Waals surface area contributed by atoms with E-state index in [4.69, 9.17) is 9.15 Å². The number of nitrogens with one attached hydrogen (secondary N) is 1. The Kier molecular flexibility index (Phi) is 3.62. The number of esters is 1. The quantitative estimate of drug-likeness (QED) is 0.592. The van der Waals surface area contributed by atoms with Crippen molar-refractivity contribution in [2.24, 2.45) is 0 Å². The highest BCUT2D eigenvalue weighted by Crippen LogP contribution is 2.21. The molecular formula is C17H13NO4. The van der Waals surface area contributed by atoms with Crippen molar-refractivity contribution in [1.29, 1.82) is 0 Å². The van der Waals surface area contributed by atoms with Crippen LogP contribution in [0.15, 0.2) is 59.0 Å². The Balaban J connectivity index is 1.74. The molecule has 3 rings (SSSR count). The van der Waals surface area contributed by atoms with Crippen molar-refractivity contribution in [2.75, 3.05) is 5.32 Å². The van der Waals surface area contributed by atoms with Crippen molar-refractivity contribution in [1.82, 2.24) is 0 Å². The average molecular weight is 295 g/mol. The molecule has 0 saturated carbocycles. The summed E-state index contributed by atoms with van der Waals surface area (Å²) in [4.78, 5) is 23.0. The number of ether oxygens (including phenoxy) is 1. The zero-order valence-corrected chi connectivity index (χ0v) is 11.8. The lowest BCUT2D eigenvalue weighted by molar-refractivity contribution is -0.131. The van der Waals surface area contributed by atoms with Gasteiger partial charge < -0.3 is 14.5 Å². The number of fused-ring (bicyclic) bond motifs is 1. The van der Waals surface area contributed by atoms with Gasteiger partial charge in [0, 0.05) is 18.0 Å². The van der Waals surface area contributed by atoms with Gasteiger partial charge in [-0.15, -0.1) is 0 Å². The van der Waals surface area contributed by atoms with Crippen LogP contribution in [0.4, 0.5) is 5.69 Å². The Morgan fingerprint density at radius 1 is 1.05 bits per heavy atom. The minimum atomic E-state index is -0.390. The molecule has 22 heavy (non-hydrogen) atoms. The van der Waals surface area contributed by atoms with Gasteiger partial charge in [-0.3, -0.25) is 9.59 Å². The van der Waals surface area contributed by atoms with E-state index in [1.165, 1.54) is 6.92 Å². The molecule has 2 aromatic carbocycles. The van der Waals surface area contributed by atoms with E-state index in [9.17, 15) is 9.59 Å². The molecule has 5 nitrogen and oxygen atoms in total. The molecule has 110 valence electrons. The number of rotatable bonds is 3. The number of carbonyl (C=O) groups excluding carboxylic acids is 2. The summed E-state index contributed by atoms with van der Waals surface area (Å²) >= 11 is 0. The first-order chi connectivity index (χ1) is 10.6. The summed E-state index contributed by atoms with van der Waals surface area (Å²) in [6, 6.07) is 15.6.